The van der Waals surface area contributed by atoms with Gasteiger partial charge in [0.1, 0.15) is 0 Å². The van der Waals surface area contributed by atoms with Crippen molar-refractivity contribution in [2.24, 2.45) is 0 Å². The maximum atomic E-state index is 11.3. The Morgan fingerprint density at radius 2 is 1.57 bits per heavy atom. The summed E-state index contributed by atoms with van der Waals surface area (Å²) < 4.78 is 0. The van der Waals surface area contributed by atoms with Crippen molar-refractivity contribution in [1.82, 2.24) is 4.90 Å². The molecule has 0 atom stereocenters. The molecule has 0 aliphatic carbocycles. The van der Waals surface area contributed by atoms with Crippen LogP contribution in [0.5, 0.6) is 0 Å². The molecule has 0 saturated heterocycles. The van der Waals surface area contributed by atoms with E-state index in [-0.39, 0.29) is 16.9 Å². The first-order valence-electron chi connectivity index (χ1n) is 3.68. The van der Waals surface area contributed by atoms with Crippen LogP contribution in [0, 0.1) is 0 Å². The van der Waals surface area contributed by atoms with E-state index in [2.05, 4.69) is 0 Å². The third-order valence-corrected chi connectivity index (χ3v) is 1.56. The number of carbonyl (C=O) groups is 1. The van der Waals surface area contributed by atoms with Crippen LogP contribution in [-0.4, -0.2) is 43.7 Å². The molecular formula is C9H12BNO3. The van der Waals surface area contributed by atoms with Crippen LogP contribution in [0.25, 0.3) is 0 Å². The summed E-state index contributed by atoms with van der Waals surface area (Å²) >= 11 is 0. The summed E-state index contributed by atoms with van der Waals surface area (Å²) in [5.41, 5.74) is 1.33. The number of amides is 1. The normalized spacial score (nSPS) is 8.29. The van der Waals surface area contributed by atoms with Crippen molar-refractivity contribution in [3.63, 3.8) is 0 Å². The second-order valence-corrected chi connectivity index (χ2v) is 2.82. The van der Waals surface area contributed by atoms with Crippen molar-refractivity contribution < 1.29 is 15.7 Å². The first-order valence-corrected chi connectivity index (χ1v) is 3.68. The molecule has 0 radical (unpaired) electrons. The van der Waals surface area contributed by atoms with Crippen molar-refractivity contribution in [1.29, 1.82) is 0 Å². The van der Waals surface area contributed by atoms with Crippen molar-refractivity contribution >= 4 is 19.2 Å². The minimum Gasteiger partial charge on any atom is -0.870 e. The Labute approximate surface area is 84.6 Å². The molecule has 0 aromatic heterocycles. The third-order valence-electron chi connectivity index (χ3n) is 1.56. The predicted molar refractivity (Wildman–Crippen MR) is 53.7 cm³/mol. The summed E-state index contributed by atoms with van der Waals surface area (Å²) in [6.07, 6.45) is 0. The van der Waals surface area contributed by atoms with Gasteiger partial charge in [0.15, 0.2) is 0 Å². The predicted octanol–water partition coefficient (Wildman–Crippen LogP) is -0.171. The Balaban J connectivity index is 0. The van der Waals surface area contributed by atoms with Gasteiger partial charge in [0.25, 0.3) is 0 Å². The fourth-order valence-electron chi connectivity index (χ4n) is 0.884. The van der Waals surface area contributed by atoms with Crippen LogP contribution in [-0.2, 0) is 0 Å². The molecule has 0 unspecified atom stereocenters. The van der Waals surface area contributed by atoms with Gasteiger partial charge in [-0.2, -0.15) is 0 Å². The first kappa shape index (κ1) is 15.2. The van der Waals surface area contributed by atoms with Crippen LogP contribution in [0.2, 0.25) is 0 Å². The molecule has 74 valence electrons. The van der Waals surface area contributed by atoms with E-state index in [9.17, 15) is 4.79 Å². The molecule has 1 rings (SSSR count). The molecule has 0 fully saturated rings. The van der Waals surface area contributed by atoms with Gasteiger partial charge in [-0.15, -0.1) is 0 Å². The third kappa shape index (κ3) is 3.59. The van der Waals surface area contributed by atoms with Gasteiger partial charge < -0.3 is 11.0 Å². The molecule has 0 bridgehead atoms. The Hall–Kier alpha value is -1.33. The van der Waals surface area contributed by atoms with E-state index in [1.54, 1.807) is 38.4 Å². The maximum absolute atomic E-state index is 11.3. The van der Waals surface area contributed by atoms with Gasteiger partial charge in [-0.05, 0) is 0 Å². The molecule has 2 N–H and O–H groups in total. The minimum absolute atomic E-state index is 0. The fraction of sp³-hybridized carbons (Fsp3) is 0.222. The molecule has 0 saturated carbocycles. The standard InChI is InChI=1S/C9H10BNO.2H2O/c1-11(2)9(12)7-3-5-8(10)6-4-7;;/h3-6H,1-2H3;2*1H2/q+2;;/p-2. The van der Waals surface area contributed by atoms with Crippen molar-refractivity contribution in [2.75, 3.05) is 14.1 Å². The molecule has 0 spiro atoms. The summed E-state index contributed by atoms with van der Waals surface area (Å²) in [7, 11) is 8.92. The average molecular weight is 193 g/mol. The molecule has 0 heterocycles. The van der Waals surface area contributed by atoms with Crippen LogP contribution < -0.4 is 5.46 Å². The Morgan fingerprint density at radius 3 is 1.93 bits per heavy atom. The van der Waals surface area contributed by atoms with Crippen molar-refractivity contribution in [3.8, 4) is 0 Å². The van der Waals surface area contributed by atoms with Gasteiger partial charge in [0, 0.05) is 0 Å². The van der Waals surface area contributed by atoms with Gasteiger partial charge in [-0.1, -0.05) is 0 Å². The summed E-state index contributed by atoms with van der Waals surface area (Å²) in [4.78, 5) is 12.9. The summed E-state index contributed by atoms with van der Waals surface area (Å²) in [5.74, 6) is -0.00463. The average Bonchev–Trinajstić information content (AvgIpc) is 2.04. The smallest absolute Gasteiger partial charge is 0.870 e. The molecular weight excluding hydrogens is 181 g/mol. The number of rotatable bonds is 1. The van der Waals surface area contributed by atoms with Crippen LogP contribution >= 0.6 is 0 Å². The Bertz CT molecular complexity index is 285. The second-order valence-electron chi connectivity index (χ2n) is 2.82. The number of benzene rings is 1. The number of hydrogen-bond donors (Lipinski definition) is 0. The first-order chi connectivity index (χ1) is 5.61. The molecule has 5 heteroatoms. The molecule has 4 nitrogen and oxygen atoms in total. The van der Waals surface area contributed by atoms with Gasteiger partial charge in [-0.3, -0.25) is 0 Å². The van der Waals surface area contributed by atoms with E-state index >= 15 is 0 Å². The molecule has 1 aromatic rings. The van der Waals surface area contributed by atoms with Gasteiger partial charge in [0.2, 0.25) is 0 Å². The van der Waals surface area contributed by atoms with Crippen LogP contribution in [0.4, 0.5) is 0 Å². The molecule has 1 amide bonds. The summed E-state index contributed by atoms with van der Waals surface area (Å²) in [5, 5.41) is 0. The van der Waals surface area contributed by atoms with Crippen molar-refractivity contribution in [3.05, 3.63) is 29.8 Å². The van der Waals surface area contributed by atoms with E-state index in [1.807, 2.05) is 0 Å². The second kappa shape index (κ2) is 6.18. The zero-order valence-electron chi connectivity index (χ0n) is 8.14. The fourth-order valence-corrected chi connectivity index (χ4v) is 0.884. The largest absolute Gasteiger partial charge is 0.870 e. The minimum atomic E-state index is -0.00463. The van der Waals surface area contributed by atoms with Crippen LogP contribution in [0.15, 0.2) is 24.3 Å². The number of carbonyl (C=O) groups excluding carboxylic acids is 1. The Morgan fingerprint density at radius 1 is 1.14 bits per heavy atom. The molecule has 0 aliphatic rings. The number of nitrogens with zero attached hydrogens (tertiary/aromatic N) is 1. The monoisotopic (exact) mass is 193 g/mol. The van der Waals surface area contributed by atoms with Crippen LogP contribution in [0.3, 0.4) is 0 Å². The maximum Gasteiger partial charge on any atom is -0.870 e. The van der Waals surface area contributed by atoms with E-state index in [1.165, 1.54) is 4.90 Å². The van der Waals surface area contributed by atoms with E-state index in [4.69, 9.17) is 7.85 Å². The molecule has 1 aromatic carbocycles. The van der Waals surface area contributed by atoms with Crippen molar-refractivity contribution in [2.45, 2.75) is 0 Å². The molecule has 0 aliphatic heterocycles. The van der Waals surface area contributed by atoms with Gasteiger partial charge in [0.05, 0.1) is 0 Å². The zero-order valence-corrected chi connectivity index (χ0v) is 8.14. The Kier molecular flexibility index (Phi) is 6.69. The molecule has 14 heavy (non-hydrogen) atoms. The summed E-state index contributed by atoms with van der Waals surface area (Å²) in [6.45, 7) is 0. The van der Waals surface area contributed by atoms with Gasteiger partial charge >= 0.3 is 72.8 Å². The topological polar surface area (TPSA) is 80.3 Å². The van der Waals surface area contributed by atoms with E-state index in [0.717, 1.165) is 0 Å². The number of hydrogen-bond acceptors (Lipinski definition) is 3. The van der Waals surface area contributed by atoms with E-state index < -0.39 is 0 Å². The van der Waals surface area contributed by atoms with Gasteiger partial charge in [-0.25, -0.2) is 0 Å². The summed E-state index contributed by atoms with van der Waals surface area (Å²) in [6, 6.07) is 6.88. The zero-order chi connectivity index (χ0) is 9.14. The van der Waals surface area contributed by atoms with E-state index in [0.29, 0.717) is 11.0 Å². The van der Waals surface area contributed by atoms with Crippen LogP contribution in [0.1, 0.15) is 10.4 Å². The quantitative estimate of drug-likeness (QED) is 0.580. The SMILES string of the molecule is [B+2]c1ccc(C(=O)N(C)C)cc1.[OH-].[OH-].